The van der Waals surface area contributed by atoms with E-state index in [0.717, 1.165) is 18.1 Å². The van der Waals surface area contributed by atoms with Crippen molar-refractivity contribution in [1.29, 1.82) is 0 Å². The first-order valence-electron chi connectivity index (χ1n) is 8.99. The number of hydrogen-bond donors (Lipinski definition) is 0. The van der Waals surface area contributed by atoms with Gasteiger partial charge in [0.2, 0.25) is 0 Å². The molecular weight excluding hydrogens is 346 g/mol. The number of likely N-dealkylation sites (N-methyl/N-ethyl adjacent to an activating group) is 1. The maximum absolute atomic E-state index is 12.9. The number of aromatic nitrogens is 3. The number of nitrogens with zero attached hydrogens (tertiary/aromatic N) is 5. The van der Waals surface area contributed by atoms with Crippen LogP contribution in [0.1, 0.15) is 30.0 Å². The van der Waals surface area contributed by atoms with Gasteiger partial charge in [0.05, 0.1) is 18.7 Å². The molecule has 144 valence electrons. The molecule has 3 rings (SSSR count). The summed E-state index contributed by atoms with van der Waals surface area (Å²) in [5.41, 5.74) is -0.545. The maximum atomic E-state index is 12.9. The Bertz CT molecular complexity index is 830. The van der Waals surface area contributed by atoms with E-state index < -0.39 is 5.60 Å². The molecule has 0 aliphatic carbocycles. The van der Waals surface area contributed by atoms with E-state index in [4.69, 9.17) is 4.74 Å². The van der Waals surface area contributed by atoms with Gasteiger partial charge >= 0.3 is 0 Å². The molecule has 0 spiro atoms. The molecule has 0 bridgehead atoms. The minimum atomic E-state index is -1.03. The Morgan fingerprint density at radius 2 is 2.07 bits per heavy atom. The van der Waals surface area contributed by atoms with E-state index in [9.17, 15) is 9.59 Å². The van der Waals surface area contributed by atoms with E-state index in [2.05, 4.69) is 9.97 Å². The first-order valence-corrected chi connectivity index (χ1v) is 8.99. The number of morpholine rings is 1. The summed E-state index contributed by atoms with van der Waals surface area (Å²) in [5.74, 6) is 1.32. The number of pyridine rings is 1. The topological polar surface area (TPSA) is 80.6 Å². The molecule has 3 heterocycles. The SMILES string of the molecule is CCc1nccn1-c1ccc(C(=O)N2CCOC(C)(C(=O)N(C)C)C2)cn1. The van der Waals surface area contributed by atoms with E-state index in [1.807, 2.05) is 17.7 Å². The van der Waals surface area contributed by atoms with Gasteiger partial charge in [-0.2, -0.15) is 0 Å². The Balaban J connectivity index is 1.77. The zero-order valence-electron chi connectivity index (χ0n) is 16.2. The third kappa shape index (κ3) is 3.71. The molecule has 2 aromatic heterocycles. The van der Waals surface area contributed by atoms with Crippen LogP contribution in [-0.4, -0.2) is 75.5 Å². The summed E-state index contributed by atoms with van der Waals surface area (Å²) in [6.45, 7) is 4.73. The summed E-state index contributed by atoms with van der Waals surface area (Å²) in [4.78, 5) is 37.1. The average molecular weight is 371 g/mol. The molecule has 0 saturated carbocycles. The van der Waals surface area contributed by atoms with Gasteiger partial charge in [0, 0.05) is 45.7 Å². The van der Waals surface area contributed by atoms with Crippen molar-refractivity contribution in [3.63, 3.8) is 0 Å². The monoisotopic (exact) mass is 371 g/mol. The highest BCUT2D eigenvalue weighted by Crippen LogP contribution is 2.21. The van der Waals surface area contributed by atoms with Crippen LogP contribution in [0.3, 0.4) is 0 Å². The Kier molecular flexibility index (Phi) is 5.27. The summed E-state index contributed by atoms with van der Waals surface area (Å²) < 4.78 is 7.59. The van der Waals surface area contributed by atoms with Gasteiger partial charge < -0.3 is 14.5 Å². The fourth-order valence-corrected chi connectivity index (χ4v) is 3.29. The highest BCUT2D eigenvalue weighted by atomic mass is 16.5. The third-order valence-corrected chi connectivity index (χ3v) is 4.70. The van der Waals surface area contributed by atoms with Crippen molar-refractivity contribution >= 4 is 11.8 Å². The van der Waals surface area contributed by atoms with Crippen LogP contribution in [0.15, 0.2) is 30.7 Å². The fourth-order valence-electron chi connectivity index (χ4n) is 3.29. The Hall–Kier alpha value is -2.74. The minimum absolute atomic E-state index is 0.152. The van der Waals surface area contributed by atoms with Crippen molar-refractivity contribution in [2.24, 2.45) is 0 Å². The molecule has 1 atom stereocenters. The van der Waals surface area contributed by atoms with E-state index in [-0.39, 0.29) is 18.4 Å². The Labute approximate surface area is 158 Å². The zero-order chi connectivity index (χ0) is 19.6. The zero-order valence-corrected chi connectivity index (χ0v) is 16.2. The van der Waals surface area contributed by atoms with Gasteiger partial charge in [-0.05, 0) is 19.1 Å². The van der Waals surface area contributed by atoms with Gasteiger partial charge in [0.15, 0.2) is 5.60 Å². The lowest BCUT2D eigenvalue weighted by atomic mass is 10.0. The molecule has 2 amide bonds. The van der Waals surface area contributed by atoms with Gasteiger partial charge in [0.1, 0.15) is 11.6 Å². The van der Waals surface area contributed by atoms with Crippen molar-refractivity contribution < 1.29 is 14.3 Å². The van der Waals surface area contributed by atoms with Crippen LogP contribution < -0.4 is 0 Å². The fraction of sp³-hybridized carbons (Fsp3) is 0.474. The standard InChI is InChI=1S/C19H25N5O3/c1-5-15-20-8-9-24(15)16-7-6-14(12-21-16)17(25)23-10-11-27-19(2,13-23)18(26)22(3)4/h6-9,12H,5,10-11,13H2,1-4H3. The predicted molar refractivity (Wildman–Crippen MR) is 99.7 cm³/mol. The number of carbonyl (C=O) groups excluding carboxylic acids is 2. The number of hydrogen-bond acceptors (Lipinski definition) is 5. The van der Waals surface area contributed by atoms with Crippen LogP contribution in [0.4, 0.5) is 0 Å². The summed E-state index contributed by atoms with van der Waals surface area (Å²) >= 11 is 0. The second kappa shape index (κ2) is 7.48. The second-order valence-electron chi connectivity index (χ2n) is 6.98. The van der Waals surface area contributed by atoms with Gasteiger partial charge in [-0.15, -0.1) is 0 Å². The normalized spacial score (nSPS) is 19.8. The van der Waals surface area contributed by atoms with Gasteiger partial charge in [-0.3, -0.25) is 14.2 Å². The molecule has 1 unspecified atom stereocenters. The number of imidazole rings is 1. The molecule has 1 saturated heterocycles. The average Bonchev–Trinajstić information content (AvgIpc) is 3.15. The van der Waals surface area contributed by atoms with Crippen LogP contribution in [0.2, 0.25) is 0 Å². The van der Waals surface area contributed by atoms with E-state index in [1.54, 1.807) is 50.4 Å². The van der Waals surface area contributed by atoms with Crippen LogP contribution >= 0.6 is 0 Å². The van der Waals surface area contributed by atoms with Crippen LogP contribution in [0.5, 0.6) is 0 Å². The summed E-state index contributed by atoms with van der Waals surface area (Å²) in [7, 11) is 3.36. The number of aryl methyl sites for hydroxylation is 1. The van der Waals surface area contributed by atoms with Crippen LogP contribution in [-0.2, 0) is 16.0 Å². The Morgan fingerprint density at radius 1 is 1.30 bits per heavy atom. The van der Waals surface area contributed by atoms with E-state index in [1.165, 1.54) is 4.90 Å². The Morgan fingerprint density at radius 3 is 2.70 bits per heavy atom. The van der Waals surface area contributed by atoms with Gasteiger partial charge in [-0.25, -0.2) is 9.97 Å². The maximum Gasteiger partial charge on any atom is 0.255 e. The van der Waals surface area contributed by atoms with E-state index in [0.29, 0.717) is 18.7 Å². The van der Waals surface area contributed by atoms with Gasteiger partial charge in [-0.1, -0.05) is 6.92 Å². The first-order chi connectivity index (χ1) is 12.9. The van der Waals surface area contributed by atoms with Crippen LogP contribution in [0, 0.1) is 0 Å². The van der Waals surface area contributed by atoms with Crippen molar-refractivity contribution in [2.75, 3.05) is 33.8 Å². The highest BCUT2D eigenvalue weighted by Gasteiger charge is 2.41. The predicted octanol–water partition coefficient (Wildman–Crippen LogP) is 1.15. The summed E-state index contributed by atoms with van der Waals surface area (Å²) in [6.07, 6.45) is 5.94. The smallest absolute Gasteiger partial charge is 0.255 e. The van der Waals surface area contributed by atoms with Gasteiger partial charge in [0.25, 0.3) is 11.8 Å². The first kappa shape index (κ1) is 19.0. The minimum Gasteiger partial charge on any atom is -0.362 e. The largest absolute Gasteiger partial charge is 0.362 e. The molecule has 8 heteroatoms. The van der Waals surface area contributed by atoms with Crippen LogP contribution in [0.25, 0.3) is 5.82 Å². The lowest BCUT2D eigenvalue weighted by Gasteiger charge is -2.40. The summed E-state index contributed by atoms with van der Waals surface area (Å²) in [5, 5.41) is 0. The van der Waals surface area contributed by atoms with Crippen molar-refractivity contribution in [3.05, 3.63) is 42.1 Å². The molecular formula is C19H25N5O3. The number of ether oxygens (including phenoxy) is 1. The molecule has 27 heavy (non-hydrogen) atoms. The number of carbonyl (C=O) groups is 2. The van der Waals surface area contributed by atoms with E-state index >= 15 is 0 Å². The molecule has 0 aromatic carbocycles. The molecule has 2 aromatic rings. The number of rotatable bonds is 4. The third-order valence-electron chi connectivity index (χ3n) is 4.70. The molecule has 0 radical (unpaired) electrons. The quantitative estimate of drug-likeness (QED) is 0.805. The summed E-state index contributed by atoms with van der Waals surface area (Å²) in [6, 6.07) is 3.56. The van der Waals surface area contributed by atoms with Crippen molar-refractivity contribution in [2.45, 2.75) is 25.9 Å². The number of amides is 2. The highest BCUT2D eigenvalue weighted by molar-refractivity contribution is 5.95. The lowest BCUT2D eigenvalue weighted by Crippen LogP contribution is -2.59. The second-order valence-corrected chi connectivity index (χ2v) is 6.98. The lowest BCUT2D eigenvalue weighted by molar-refractivity contribution is -0.162. The van der Waals surface area contributed by atoms with Crippen molar-refractivity contribution in [3.8, 4) is 5.82 Å². The molecule has 1 aliphatic rings. The molecule has 0 N–H and O–H groups in total. The molecule has 1 aliphatic heterocycles. The molecule has 8 nitrogen and oxygen atoms in total. The van der Waals surface area contributed by atoms with Crippen molar-refractivity contribution in [1.82, 2.24) is 24.3 Å². The molecule has 1 fully saturated rings.